The maximum Gasteiger partial charge on any atom is 0.226 e. The van der Waals surface area contributed by atoms with Crippen molar-refractivity contribution in [1.29, 1.82) is 0 Å². The van der Waals surface area contributed by atoms with E-state index in [1.165, 1.54) is 12.8 Å². The van der Waals surface area contributed by atoms with Crippen LogP contribution >= 0.6 is 0 Å². The molecule has 0 atom stereocenters. The fourth-order valence-corrected chi connectivity index (χ4v) is 3.74. The third-order valence-electron chi connectivity index (χ3n) is 5.39. The zero-order valence-corrected chi connectivity index (χ0v) is 16.8. The maximum absolute atomic E-state index is 12.5. The van der Waals surface area contributed by atoms with Gasteiger partial charge in [-0.2, -0.15) is 0 Å². The number of carbonyl (C=O) groups excluding carboxylic acids is 1. The molecule has 0 fully saturated rings. The molecular weight excluding hydrogens is 362 g/mol. The minimum Gasteiger partial charge on any atom is -0.374 e. The van der Waals surface area contributed by atoms with Crippen LogP contribution in [0.5, 0.6) is 0 Å². The summed E-state index contributed by atoms with van der Waals surface area (Å²) in [6, 6.07) is 18.0. The smallest absolute Gasteiger partial charge is 0.226 e. The molecule has 1 N–H and O–H groups in total. The van der Waals surface area contributed by atoms with Gasteiger partial charge in [-0.05, 0) is 37.1 Å². The molecule has 150 valence electrons. The number of hydrogen-bond donors (Lipinski definition) is 1. The van der Waals surface area contributed by atoms with Crippen molar-refractivity contribution in [2.24, 2.45) is 0 Å². The monoisotopic (exact) mass is 389 g/mol. The Morgan fingerprint density at radius 2 is 1.93 bits per heavy atom. The first-order valence-electron chi connectivity index (χ1n) is 10.3. The quantitative estimate of drug-likeness (QED) is 0.688. The molecule has 6 heteroatoms. The van der Waals surface area contributed by atoms with E-state index < -0.39 is 0 Å². The van der Waals surface area contributed by atoms with Gasteiger partial charge in [-0.15, -0.1) is 10.2 Å². The van der Waals surface area contributed by atoms with E-state index in [9.17, 15) is 4.79 Å². The highest BCUT2D eigenvalue weighted by molar-refractivity contribution is 5.91. The molecule has 29 heavy (non-hydrogen) atoms. The van der Waals surface area contributed by atoms with Gasteiger partial charge in [0.2, 0.25) is 5.91 Å². The van der Waals surface area contributed by atoms with Gasteiger partial charge in [0.05, 0.1) is 0 Å². The molecule has 1 aliphatic heterocycles. The summed E-state index contributed by atoms with van der Waals surface area (Å²) in [5, 5.41) is 11.8. The third kappa shape index (κ3) is 4.65. The van der Waals surface area contributed by atoms with Crippen LogP contribution in [0.25, 0.3) is 11.4 Å². The highest BCUT2D eigenvalue weighted by Crippen LogP contribution is 2.25. The van der Waals surface area contributed by atoms with Crippen LogP contribution in [0.4, 0.5) is 11.4 Å². The Morgan fingerprint density at radius 1 is 1.07 bits per heavy atom. The van der Waals surface area contributed by atoms with Gasteiger partial charge in [0.1, 0.15) is 5.82 Å². The van der Waals surface area contributed by atoms with E-state index in [1.807, 2.05) is 61.6 Å². The second-order valence-electron chi connectivity index (χ2n) is 7.54. The largest absolute Gasteiger partial charge is 0.374 e. The summed E-state index contributed by atoms with van der Waals surface area (Å²) in [4.78, 5) is 14.5. The number of carbonyl (C=O) groups is 1. The van der Waals surface area contributed by atoms with Crippen molar-refractivity contribution < 1.29 is 4.79 Å². The molecule has 3 aromatic rings. The van der Waals surface area contributed by atoms with E-state index in [4.69, 9.17) is 0 Å². The standard InChI is InChI=1S/C23H27N5O/c1-27(20-11-4-2-5-12-20)16-14-22(29)24-19-10-8-9-18(17-19)23-26-25-21-13-6-3-7-15-28(21)23/h2,4-5,8-12,17H,3,6-7,13-16H2,1H3,(H,24,29). The number of amides is 1. The van der Waals surface area contributed by atoms with Gasteiger partial charge in [0.15, 0.2) is 5.82 Å². The van der Waals surface area contributed by atoms with Crippen molar-refractivity contribution in [2.75, 3.05) is 23.8 Å². The van der Waals surface area contributed by atoms with Crippen LogP contribution in [-0.2, 0) is 17.8 Å². The van der Waals surface area contributed by atoms with Crippen molar-refractivity contribution in [1.82, 2.24) is 14.8 Å². The molecule has 0 saturated carbocycles. The molecule has 6 nitrogen and oxygen atoms in total. The average Bonchev–Trinajstić information content (AvgIpc) is 3.01. The molecule has 0 unspecified atom stereocenters. The lowest BCUT2D eigenvalue weighted by Gasteiger charge is -2.18. The van der Waals surface area contributed by atoms with Gasteiger partial charge in [-0.25, -0.2) is 0 Å². The van der Waals surface area contributed by atoms with Gasteiger partial charge in [0.25, 0.3) is 0 Å². The van der Waals surface area contributed by atoms with Gasteiger partial charge in [-0.3, -0.25) is 4.79 Å². The summed E-state index contributed by atoms with van der Waals surface area (Å²) in [6.07, 6.45) is 4.97. The van der Waals surface area contributed by atoms with Crippen LogP contribution in [0, 0.1) is 0 Å². The molecule has 2 aromatic carbocycles. The van der Waals surface area contributed by atoms with Crippen molar-refractivity contribution in [2.45, 2.75) is 38.6 Å². The lowest BCUT2D eigenvalue weighted by atomic mass is 10.1. The topological polar surface area (TPSA) is 63.1 Å². The van der Waals surface area contributed by atoms with Gasteiger partial charge < -0.3 is 14.8 Å². The Labute approximate surface area is 171 Å². The van der Waals surface area contributed by atoms with Crippen LogP contribution in [0.3, 0.4) is 0 Å². The Hall–Kier alpha value is -3.15. The van der Waals surface area contributed by atoms with Crippen LogP contribution in [0.2, 0.25) is 0 Å². The number of aryl methyl sites for hydroxylation is 1. The minimum absolute atomic E-state index is 0.00463. The van der Waals surface area contributed by atoms with E-state index in [1.54, 1.807) is 0 Å². The van der Waals surface area contributed by atoms with E-state index in [0.717, 1.165) is 48.0 Å². The maximum atomic E-state index is 12.5. The Kier molecular flexibility index (Phi) is 5.89. The first-order valence-corrected chi connectivity index (χ1v) is 10.3. The summed E-state index contributed by atoms with van der Waals surface area (Å²) < 4.78 is 2.22. The zero-order chi connectivity index (χ0) is 20.1. The fourth-order valence-electron chi connectivity index (χ4n) is 3.74. The number of aromatic nitrogens is 3. The molecule has 1 amide bonds. The lowest BCUT2D eigenvalue weighted by molar-refractivity contribution is -0.116. The first kappa shape index (κ1) is 19.2. The summed E-state index contributed by atoms with van der Waals surface area (Å²) >= 11 is 0. The molecule has 0 bridgehead atoms. The van der Waals surface area contributed by atoms with Crippen LogP contribution in [0.15, 0.2) is 54.6 Å². The predicted octanol–water partition coefficient (Wildman–Crippen LogP) is 4.14. The lowest BCUT2D eigenvalue weighted by Crippen LogP contribution is -2.23. The van der Waals surface area contributed by atoms with Crippen LogP contribution in [0.1, 0.15) is 31.5 Å². The van der Waals surface area contributed by atoms with E-state index in [-0.39, 0.29) is 5.91 Å². The molecule has 0 spiro atoms. The highest BCUT2D eigenvalue weighted by Gasteiger charge is 2.16. The number of para-hydroxylation sites is 1. The summed E-state index contributed by atoms with van der Waals surface area (Å²) in [5.74, 6) is 1.96. The predicted molar refractivity (Wildman–Crippen MR) is 116 cm³/mol. The molecular formula is C23H27N5O. The van der Waals surface area contributed by atoms with Gasteiger partial charge >= 0.3 is 0 Å². The van der Waals surface area contributed by atoms with Crippen LogP contribution in [-0.4, -0.2) is 34.3 Å². The number of hydrogen-bond acceptors (Lipinski definition) is 4. The summed E-state index contributed by atoms with van der Waals surface area (Å²) in [7, 11) is 2.00. The number of anilines is 2. The number of nitrogens with one attached hydrogen (secondary N) is 1. The van der Waals surface area contributed by atoms with E-state index in [2.05, 4.69) is 25.0 Å². The molecule has 1 aliphatic rings. The van der Waals surface area contributed by atoms with Gasteiger partial charge in [0, 0.05) is 49.9 Å². The SMILES string of the molecule is CN(CCC(=O)Nc1cccc(-c2nnc3n2CCCCC3)c1)c1ccccc1. The first-order chi connectivity index (χ1) is 14.2. The van der Waals surface area contributed by atoms with E-state index in [0.29, 0.717) is 13.0 Å². The average molecular weight is 390 g/mol. The number of rotatable bonds is 6. The fraction of sp³-hybridized carbons (Fsp3) is 0.348. The van der Waals surface area contributed by atoms with Crippen molar-refractivity contribution in [3.05, 3.63) is 60.4 Å². The van der Waals surface area contributed by atoms with E-state index >= 15 is 0 Å². The second kappa shape index (κ2) is 8.90. The zero-order valence-electron chi connectivity index (χ0n) is 16.8. The Bertz CT molecular complexity index is 966. The number of fused-ring (bicyclic) bond motifs is 1. The summed E-state index contributed by atoms with van der Waals surface area (Å²) in [5.41, 5.74) is 2.89. The van der Waals surface area contributed by atoms with Gasteiger partial charge in [-0.1, -0.05) is 36.8 Å². The van der Waals surface area contributed by atoms with Crippen LogP contribution < -0.4 is 10.2 Å². The highest BCUT2D eigenvalue weighted by atomic mass is 16.1. The van der Waals surface area contributed by atoms with Crippen molar-refractivity contribution in [3.8, 4) is 11.4 Å². The Balaban J connectivity index is 1.40. The molecule has 0 aliphatic carbocycles. The summed E-state index contributed by atoms with van der Waals surface area (Å²) in [6.45, 7) is 1.62. The van der Waals surface area contributed by atoms with Crippen molar-refractivity contribution in [3.63, 3.8) is 0 Å². The molecule has 2 heterocycles. The number of nitrogens with zero attached hydrogens (tertiary/aromatic N) is 4. The third-order valence-corrected chi connectivity index (χ3v) is 5.39. The normalized spacial score (nSPS) is 13.4. The molecule has 0 saturated heterocycles. The molecule has 0 radical (unpaired) electrons. The van der Waals surface area contributed by atoms with Crippen molar-refractivity contribution >= 4 is 17.3 Å². The molecule has 4 rings (SSSR count). The molecule has 1 aromatic heterocycles. The Morgan fingerprint density at radius 3 is 2.79 bits per heavy atom. The number of benzene rings is 2. The minimum atomic E-state index is 0.00463. The second-order valence-corrected chi connectivity index (χ2v) is 7.54.